The maximum absolute atomic E-state index is 4.39. The lowest BCUT2D eigenvalue weighted by atomic mass is 10.2. The Bertz CT molecular complexity index is 707. The summed E-state index contributed by atoms with van der Waals surface area (Å²) in [6, 6.07) is 10.6. The molecule has 4 aromatic rings. The van der Waals surface area contributed by atoms with Gasteiger partial charge < -0.3 is 0 Å². The van der Waals surface area contributed by atoms with Gasteiger partial charge in [0.2, 0.25) is 0 Å². The van der Waals surface area contributed by atoms with E-state index in [1.54, 1.807) is 22.7 Å². The number of pyridine rings is 2. The van der Waals surface area contributed by atoms with Crippen molar-refractivity contribution in [3.8, 4) is 9.75 Å². The van der Waals surface area contributed by atoms with E-state index in [2.05, 4.69) is 34.2 Å². The summed E-state index contributed by atoms with van der Waals surface area (Å²) in [4.78, 5) is 12.2. The normalized spacial score (nSPS) is 11.3. The molecule has 18 heavy (non-hydrogen) atoms. The summed E-state index contributed by atoms with van der Waals surface area (Å²) in [7, 11) is 0. The minimum Gasteiger partial charge on any atom is -0.263 e. The maximum Gasteiger partial charge on any atom is 0.123 e. The summed E-state index contributed by atoms with van der Waals surface area (Å²) < 4.78 is 1.23. The number of aromatic nitrogens is 2. The van der Waals surface area contributed by atoms with Crippen molar-refractivity contribution in [2.45, 2.75) is 0 Å². The fraction of sp³-hybridized carbons (Fsp3) is 0. The molecule has 0 amide bonds. The number of thiophene rings is 2. The Labute approximate surface area is 112 Å². The van der Waals surface area contributed by atoms with Gasteiger partial charge in [0, 0.05) is 33.7 Å². The Hall–Kier alpha value is -1.78. The molecule has 0 bridgehead atoms. The van der Waals surface area contributed by atoms with Crippen LogP contribution in [0.4, 0.5) is 0 Å². The van der Waals surface area contributed by atoms with Crippen LogP contribution in [0.15, 0.2) is 48.9 Å². The van der Waals surface area contributed by atoms with Gasteiger partial charge in [-0.15, -0.1) is 22.7 Å². The monoisotopic (exact) mass is 268 g/mol. The van der Waals surface area contributed by atoms with Crippen LogP contribution in [0, 0.1) is 0 Å². The Kier molecular flexibility index (Phi) is 2.18. The summed E-state index contributed by atoms with van der Waals surface area (Å²) in [5.41, 5.74) is 0. The SMILES string of the molecule is c1cnc2sc(-c3cc4ccncc4s3)cc2c1. The fourth-order valence-corrected chi connectivity index (χ4v) is 4.10. The molecule has 0 N–H and O–H groups in total. The zero-order valence-electron chi connectivity index (χ0n) is 9.33. The van der Waals surface area contributed by atoms with Crippen LogP contribution < -0.4 is 0 Å². The first kappa shape index (κ1) is 10.2. The van der Waals surface area contributed by atoms with Gasteiger partial charge in [0.15, 0.2) is 0 Å². The van der Waals surface area contributed by atoms with Crippen molar-refractivity contribution in [2.24, 2.45) is 0 Å². The van der Waals surface area contributed by atoms with Crippen LogP contribution in [0.1, 0.15) is 0 Å². The van der Waals surface area contributed by atoms with E-state index in [0.29, 0.717) is 0 Å². The van der Waals surface area contributed by atoms with Gasteiger partial charge in [0.05, 0.1) is 4.70 Å². The van der Waals surface area contributed by atoms with E-state index in [9.17, 15) is 0 Å². The second-order valence-electron chi connectivity index (χ2n) is 4.03. The van der Waals surface area contributed by atoms with Crippen molar-refractivity contribution in [3.05, 3.63) is 48.9 Å². The fourth-order valence-electron chi connectivity index (χ4n) is 2.00. The summed E-state index contributed by atoms with van der Waals surface area (Å²) in [5, 5.41) is 2.48. The largest absolute Gasteiger partial charge is 0.263 e. The third-order valence-corrected chi connectivity index (χ3v) is 5.20. The van der Waals surface area contributed by atoms with E-state index in [-0.39, 0.29) is 0 Å². The van der Waals surface area contributed by atoms with E-state index < -0.39 is 0 Å². The minimum absolute atomic E-state index is 1.10. The van der Waals surface area contributed by atoms with Crippen molar-refractivity contribution in [3.63, 3.8) is 0 Å². The lowest BCUT2D eigenvalue weighted by molar-refractivity contribution is 1.37. The van der Waals surface area contributed by atoms with Gasteiger partial charge in [-0.1, -0.05) is 6.07 Å². The van der Waals surface area contributed by atoms with E-state index in [1.165, 1.54) is 25.2 Å². The van der Waals surface area contributed by atoms with Gasteiger partial charge in [-0.3, -0.25) is 4.98 Å². The highest BCUT2D eigenvalue weighted by molar-refractivity contribution is 7.28. The van der Waals surface area contributed by atoms with Crippen molar-refractivity contribution in [1.82, 2.24) is 9.97 Å². The highest BCUT2D eigenvalue weighted by Gasteiger charge is 2.08. The first-order valence-corrected chi connectivity index (χ1v) is 7.22. The van der Waals surface area contributed by atoms with Crippen LogP contribution in [0.3, 0.4) is 0 Å². The average Bonchev–Trinajstić information content (AvgIpc) is 3.02. The van der Waals surface area contributed by atoms with Crippen LogP contribution >= 0.6 is 22.7 Å². The lowest BCUT2D eigenvalue weighted by Gasteiger charge is -1.85. The zero-order valence-corrected chi connectivity index (χ0v) is 11.0. The van der Waals surface area contributed by atoms with Gasteiger partial charge in [0.25, 0.3) is 0 Å². The molecule has 4 rings (SSSR count). The molecule has 0 aliphatic rings. The molecule has 0 unspecified atom stereocenters. The van der Waals surface area contributed by atoms with Crippen molar-refractivity contribution in [2.75, 3.05) is 0 Å². The lowest BCUT2D eigenvalue weighted by Crippen LogP contribution is -1.65. The second kappa shape index (κ2) is 3.86. The Balaban J connectivity index is 1.95. The first-order valence-electron chi connectivity index (χ1n) is 5.59. The van der Waals surface area contributed by atoms with E-state index in [0.717, 1.165) is 4.83 Å². The maximum atomic E-state index is 4.39. The molecule has 0 fully saturated rings. The summed E-state index contributed by atoms with van der Waals surface area (Å²) in [6.07, 6.45) is 5.61. The van der Waals surface area contributed by atoms with Gasteiger partial charge in [0.1, 0.15) is 4.83 Å². The van der Waals surface area contributed by atoms with Crippen LogP contribution in [0.2, 0.25) is 0 Å². The smallest absolute Gasteiger partial charge is 0.123 e. The molecule has 4 aromatic heterocycles. The average molecular weight is 268 g/mol. The minimum atomic E-state index is 1.10. The van der Waals surface area contributed by atoms with Crippen LogP contribution in [0.5, 0.6) is 0 Å². The van der Waals surface area contributed by atoms with Gasteiger partial charge in [-0.05, 0) is 29.7 Å². The molecule has 0 aliphatic carbocycles. The second-order valence-corrected chi connectivity index (χ2v) is 6.15. The van der Waals surface area contributed by atoms with Crippen molar-refractivity contribution < 1.29 is 0 Å². The van der Waals surface area contributed by atoms with Crippen LogP contribution in [-0.2, 0) is 0 Å². The first-order chi connectivity index (χ1) is 8.90. The molecule has 0 atom stereocenters. The molecular formula is C14H8N2S2. The van der Waals surface area contributed by atoms with Crippen molar-refractivity contribution in [1.29, 1.82) is 0 Å². The third-order valence-electron chi connectivity index (χ3n) is 2.86. The van der Waals surface area contributed by atoms with Crippen LogP contribution in [-0.4, -0.2) is 9.97 Å². The zero-order chi connectivity index (χ0) is 11.9. The van der Waals surface area contributed by atoms with Gasteiger partial charge in [-0.25, -0.2) is 4.98 Å². The van der Waals surface area contributed by atoms with E-state index in [1.807, 2.05) is 24.7 Å². The van der Waals surface area contributed by atoms with E-state index >= 15 is 0 Å². The number of fused-ring (bicyclic) bond motifs is 2. The molecule has 0 aliphatic heterocycles. The summed E-state index contributed by atoms with van der Waals surface area (Å²) >= 11 is 3.53. The highest BCUT2D eigenvalue weighted by atomic mass is 32.1. The molecule has 0 saturated carbocycles. The standard InChI is InChI=1S/C14H8N2S2/c1-2-10-7-12(18-14(10)16-4-1)11-6-9-3-5-15-8-13(9)17-11/h1-8H. The Morgan fingerprint density at radius 2 is 1.78 bits per heavy atom. The third kappa shape index (κ3) is 1.54. The number of rotatable bonds is 1. The number of hydrogen-bond donors (Lipinski definition) is 0. The van der Waals surface area contributed by atoms with Gasteiger partial charge >= 0.3 is 0 Å². The summed E-state index contributed by atoms with van der Waals surface area (Å²) in [5.74, 6) is 0. The molecule has 0 radical (unpaired) electrons. The molecule has 2 nitrogen and oxygen atoms in total. The molecular weight excluding hydrogens is 260 g/mol. The van der Waals surface area contributed by atoms with Crippen molar-refractivity contribution >= 4 is 43.0 Å². The van der Waals surface area contributed by atoms with E-state index in [4.69, 9.17) is 0 Å². The predicted molar refractivity (Wildman–Crippen MR) is 78.2 cm³/mol. The topological polar surface area (TPSA) is 25.8 Å². The van der Waals surface area contributed by atoms with Crippen LogP contribution in [0.25, 0.3) is 30.1 Å². The predicted octanol–water partition coefficient (Wildman–Crippen LogP) is 4.57. The molecule has 0 saturated heterocycles. The Morgan fingerprint density at radius 3 is 2.67 bits per heavy atom. The quantitative estimate of drug-likeness (QED) is 0.505. The number of hydrogen-bond acceptors (Lipinski definition) is 4. The molecule has 4 heterocycles. The molecule has 86 valence electrons. The molecule has 0 aromatic carbocycles. The molecule has 4 heteroatoms. The molecule has 0 spiro atoms. The summed E-state index contributed by atoms with van der Waals surface area (Å²) in [6.45, 7) is 0. The highest BCUT2D eigenvalue weighted by Crippen LogP contribution is 2.38. The van der Waals surface area contributed by atoms with Gasteiger partial charge in [-0.2, -0.15) is 0 Å². The number of nitrogens with zero attached hydrogens (tertiary/aromatic N) is 2. The Morgan fingerprint density at radius 1 is 0.889 bits per heavy atom.